The number of carbonyl (C=O) groups is 3. The van der Waals surface area contributed by atoms with Crippen LogP contribution in [-0.2, 0) is 11.2 Å². The zero-order valence-corrected chi connectivity index (χ0v) is 21.7. The molecule has 4 heterocycles. The van der Waals surface area contributed by atoms with E-state index in [0.29, 0.717) is 48.8 Å². The van der Waals surface area contributed by atoms with Gasteiger partial charge in [0, 0.05) is 39.3 Å². The Morgan fingerprint density at radius 3 is 2.28 bits per heavy atom. The van der Waals surface area contributed by atoms with Gasteiger partial charge in [0.2, 0.25) is 5.91 Å². The lowest BCUT2D eigenvalue weighted by Gasteiger charge is -2.32. The topological polar surface area (TPSA) is 73.0 Å². The molecule has 1 N–H and O–H groups in total. The Kier molecular flexibility index (Phi) is 7.79. The van der Waals surface area contributed by atoms with Crippen molar-refractivity contribution in [1.82, 2.24) is 20.0 Å². The first-order valence-electron chi connectivity index (χ1n) is 12.3. The van der Waals surface area contributed by atoms with Gasteiger partial charge in [-0.3, -0.25) is 14.4 Å². The molecular weight excluding hydrogens is 492 g/mol. The van der Waals surface area contributed by atoms with Gasteiger partial charge in [-0.25, -0.2) is 0 Å². The molecule has 1 aromatic carbocycles. The number of amides is 3. The van der Waals surface area contributed by atoms with Crippen LogP contribution in [0, 0.1) is 0 Å². The lowest BCUT2D eigenvalue weighted by Crippen LogP contribution is -2.53. The van der Waals surface area contributed by atoms with Crippen LogP contribution in [0.3, 0.4) is 0 Å². The number of carbonyl (C=O) groups excluding carboxylic acids is 3. The molecule has 9 heteroatoms. The summed E-state index contributed by atoms with van der Waals surface area (Å²) < 4.78 is 0. The first kappa shape index (κ1) is 24.7. The van der Waals surface area contributed by atoms with Gasteiger partial charge in [0.15, 0.2) is 0 Å². The summed E-state index contributed by atoms with van der Waals surface area (Å²) in [6, 6.07) is 16.7. The summed E-state index contributed by atoms with van der Waals surface area (Å²) in [5.41, 5.74) is 1.15. The van der Waals surface area contributed by atoms with E-state index in [9.17, 15) is 14.4 Å². The Bertz CT molecular complexity index is 1160. The van der Waals surface area contributed by atoms with E-state index in [1.54, 1.807) is 11.0 Å². The van der Waals surface area contributed by atoms with Crippen molar-refractivity contribution in [2.75, 3.05) is 39.3 Å². The molecule has 7 nitrogen and oxygen atoms in total. The van der Waals surface area contributed by atoms with Crippen LogP contribution in [0.25, 0.3) is 0 Å². The Balaban J connectivity index is 1.42. The summed E-state index contributed by atoms with van der Waals surface area (Å²) >= 11 is 2.81. The van der Waals surface area contributed by atoms with E-state index in [4.69, 9.17) is 0 Å². The number of piperazine rings is 1. The molecule has 2 unspecified atom stereocenters. The molecular formula is C27H30N4O3S2. The average Bonchev–Trinajstić information content (AvgIpc) is 3.71. The van der Waals surface area contributed by atoms with Crippen molar-refractivity contribution in [3.63, 3.8) is 0 Å². The molecule has 3 aromatic rings. The third-order valence-electron chi connectivity index (χ3n) is 6.90. The molecule has 2 fully saturated rings. The van der Waals surface area contributed by atoms with E-state index in [0.717, 1.165) is 18.7 Å². The third kappa shape index (κ3) is 5.38. The van der Waals surface area contributed by atoms with E-state index in [-0.39, 0.29) is 23.8 Å². The van der Waals surface area contributed by atoms with Crippen molar-refractivity contribution in [3.8, 4) is 0 Å². The fourth-order valence-corrected chi connectivity index (χ4v) is 6.38. The van der Waals surface area contributed by atoms with Crippen LogP contribution in [0.5, 0.6) is 0 Å². The van der Waals surface area contributed by atoms with Gasteiger partial charge in [0.25, 0.3) is 11.8 Å². The molecule has 0 aliphatic carbocycles. The number of nitrogens with zero attached hydrogens (tertiary/aromatic N) is 3. The predicted molar refractivity (Wildman–Crippen MR) is 142 cm³/mol. The van der Waals surface area contributed by atoms with Gasteiger partial charge in [-0.15, -0.1) is 22.7 Å². The first-order valence-corrected chi connectivity index (χ1v) is 14.1. The number of benzene rings is 1. The quantitative estimate of drug-likeness (QED) is 0.517. The minimum Gasteiger partial charge on any atom is -0.338 e. The summed E-state index contributed by atoms with van der Waals surface area (Å²) in [5, 5.41) is 7.06. The molecule has 188 valence electrons. The Labute approximate surface area is 219 Å². The second kappa shape index (κ2) is 11.4. The van der Waals surface area contributed by atoms with Gasteiger partial charge in [-0.2, -0.15) is 0 Å². The molecule has 5 rings (SSSR count). The number of hydrogen-bond acceptors (Lipinski definition) is 6. The largest absolute Gasteiger partial charge is 0.338 e. The predicted octanol–water partition coefficient (Wildman–Crippen LogP) is 3.21. The number of rotatable bonds is 7. The van der Waals surface area contributed by atoms with Crippen LogP contribution in [-0.4, -0.2) is 83.8 Å². The highest BCUT2D eigenvalue weighted by molar-refractivity contribution is 7.12. The number of hydrogen-bond donors (Lipinski definition) is 1. The van der Waals surface area contributed by atoms with Crippen LogP contribution in [0.4, 0.5) is 0 Å². The second-order valence-corrected chi connectivity index (χ2v) is 11.0. The standard InChI is InChI=1S/C27H30N4O3S2/c32-25(29-14-11-28-12-15-29)22-18-21(19-31(22)27(34)24-9-5-17-36-24)30(26(33)23-8-4-16-35-23)13-10-20-6-2-1-3-7-20/h1-9,16-17,21-22,28H,10-15,18-19H2. The van der Waals surface area contributed by atoms with E-state index in [2.05, 4.69) is 17.4 Å². The van der Waals surface area contributed by atoms with Crippen molar-refractivity contribution < 1.29 is 14.4 Å². The highest BCUT2D eigenvalue weighted by Gasteiger charge is 2.45. The smallest absolute Gasteiger partial charge is 0.264 e. The van der Waals surface area contributed by atoms with Gasteiger partial charge < -0.3 is 20.0 Å². The highest BCUT2D eigenvalue weighted by Crippen LogP contribution is 2.29. The summed E-state index contributed by atoms with van der Waals surface area (Å²) in [4.78, 5) is 47.5. The summed E-state index contributed by atoms with van der Waals surface area (Å²) in [5.74, 6) is -0.187. The van der Waals surface area contributed by atoms with Gasteiger partial charge in [-0.1, -0.05) is 42.5 Å². The van der Waals surface area contributed by atoms with Crippen molar-refractivity contribution in [2.45, 2.75) is 24.9 Å². The summed E-state index contributed by atoms with van der Waals surface area (Å²) in [7, 11) is 0. The normalized spacial score (nSPS) is 19.9. The number of likely N-dealkylation sites (tertiary alicyclic amines) is 1. The van der Waals surface area contributed by atoms with Crippen molar-refractivity contribution in [1.29, 1.82) is 0 Å². The highest BCUT2D eigenvalue weighted by atomic mass is 32.1. The summed E-state index contributed by atoms with van der Waals surface area (Å²) in [6.45, 7) is 3.65. The molecule has 2 saturated heterocycles. The second-order valence-electron chi connectivity index (χ2n) is 9.13. The van der Waals surface area contributed by atoms with E-state index >= 15 is 0 Å². The first-order chi connectivity index (χ1) is 17.6. The molecule has 2 aromatic heterocycles. The summed E-state index contributed by atoms with van der Waals surface area (Å²) in [6.07, 6.45) is 1.16. The zero-order chi connectivity index (χ0) is 24.9. The van der Waals surface area contributed by atoms with Crippen LogP contribution in [0.1, 0.15) is 31.3 Å². The van der Waals surface area contributed by atoms with Crippen LogP contribution in [0.15, 0.2) is 65.4 Å². The van der Waals surface area contributed by atoms with Crippen LogP contribution in [0.2, 0.25) is 0 Å². The van der Waals surface area contributed by atoms with E-state index in [1.807, 2.05) is 57.0 Å². The Morgan fingerprint density at radius 2 is 1.61 bits per heavy atom. The molecule has 0 bridgehead atoms. The number of thiophene rings is 2. The van der Waals surface area contributed by atoms with Crippen molar-refractivity contribution in [3.05, 3.63) is 80.7 Å². The average molecular weight is 523 g/mol. The van der Waals surface area contributed by atoms with Crippen molar-refractivity contribution >= 4 is 40.4 Å². The van der Waals surface area contributed by atoms with Crippen LogP contribution < -0.4 is 5.32 Å². The third-order valence-corrected chi connectivity index (χ3v) is 8.62. The Hall–Kier alpha value is -3.01. The van der Waals surface area contributed by atoms with E-state index < -0.39 is 6.04 Å². The maximum Gasteiger partial charge on any atom is 0.264 e. The number of nitrogens with one attached hydrogen (secondary N) is 1. The monoisotopic (exact) mass is 522 g/mol. The van der Waals surface area contributed by atoms with E-state index in [1.165, 1.54) is 22.7 Å². The molecule has 2 aliphatic rings. The van der Waals surface area contributed by atoms with Gasteiger partial charge in [0.05, 0.1) is 15.8 Å². The maximum absolute atomic E-state index is 13.6. The van der Waals surface area contributed by atoms with Gasteiger partial charge in [-0.05, 0) is 41.3 Å². The molecule has 0 saturated carbocycles. The molecule has 2 aliphatic heterocycles. The maximum atomic E-state index is 13.6. The van der Waals surface area contributed by atoms with Crippen LogP contribution >= 0.6 is 22.7 Å². The Morgan fingerprint density at radius 1 is 0.917 bits per heavy atom. The lowest BCUT2D eigenvalue weighted by molar-refractivity contribution is -0.135. The molecule has 3 amide bonds. The minimum absolute atomic E-state index is 0.0181. The lowest BCUT2D eigenvalue weighted by atomic mass is 10.1. The fourth-order valence-electron chi connectivity index (χ4n) is 5.02. The minimum atomic E-state index is -0.571. The molecule has 0 radical (unpaired) electrons. The van der Waals surface area contributed by atoms with Gasteiger partial charge >= 0.3 is 0 Å². The fraction of sp³-hybridized carbons (Fsp3) is 0.370. The molecule has 2 atom stereocenters. The van der Waals surface area contributed by atoms with Crippen molar-refractivity contribution in [2.24, 2.45) is 0 Å². The van der Waals surface area contributed by atoms with Gasteiger partial charge in [0.1, 0.15) is 6.04 Å². The molecule has 36 heavy (non-hydrogen) atoms. The SMILES string of the molecule is O=C(C1CC(N(CCc2ccccc2)C(=O)c2cccs2)CN1C(=O)c1cccs1)N1CCNCC1. The zero-order valence-electron chi connectivity index (χ0n) is 20.0. The molecule has 0 spiro atoms.